The number of hydrogen-bond acceptors (Lipinski definition) is 3. The van der Waals surface area contributed by atoms with Crippen LogP contribution in [0, 0.1) is 26.9 Å². The second-order valence-corrected chi connectivity index (χ2v) is 8.54. The number of halogens is 4. The molecule has 0 atom stereocenters. The molecule has 4 rings (SSSR count). The molecule has 0 unspecified atom stereocenters. The van der Waals surface area contributed by atoms with Gasteiger partial charge in [-0.15, -0.1) is 0 Å². The topological polar surface area (TPSA) is 61.4 Å². The average Bonchev–Trinajstić information content (AvgIpc) is 2.72. The Kier molecular flexibility index (Phi) is 6.35. The molecule has 1 fully saturated rings. The first-order valence-electron chi connectivity index (χ1n) is 9.68. The average molecular weight is 551 g/mol. The number of benzene rings is 3. The summed E-state index contributed by atoms with van der Waals surface area (Å²) in [4.78, 5) is 26.7. The van der Waals surface area contributed by atoms with Crippen LogP contribution in [0.15, 0.2) is 60.7 Å². The van der Waals surface area contributed by atoms with Crippen molar-refractivity contribution in [3.8, 4) is 0 Å². The van der Waals surface area contributed by atoms with Gasteiger partial charge in [0.15, 0.2) is 11.6 Å². The molecule has 0 saturated carbocycles. The number of rotatable bonds is 5. The van der Waals surface area contributed by atoms with Crippen molar-refractivity contribution in [1.82, 2.24) is 4.90 Å². The Morgan fingerprint density at radius 1 is 0.938 bits per heavy atom. The Labute approximate surface area is 195 Å². The summed E-state index contributed by atoms with van der Waals surface area (Å²) in [5.74, 6) is -4.35. The van der Waals surface area contributed by atoms with E-state index >= 15 is 0 Å². The lowest BCUT2D eigenvalue weighted by Crippen LogP contribution is -2.54. The van der Waals surface area contributed by atoms with Crippen molar-refractivity contribution < 1.29 is 22.8 Å². The maximum Gasteiger partial charge on any atom is 0.256 e. The maximum absolute atomic E-state index is 14.6. The molecule has 1 aliphatic heterocycles. The van der Waals surface area contributed by atoms with Gasteiger partial charge >= 0.3 is 0 Å². The minimum atomic E-state index is -1.28. The van der Waals surface area contributed by atoms with E-state index in [9.17, 15) is 22.8 Å². The monoisotopic (exact) mass is 551 g/mol. The van der Waals surface area contributed by atoms with E-state index in [0.717, 1.165) is 12.1 Å². The van der Waals surface area contributed by atoms with Crippen LogP contribution in [0.2, 0.25) is 0 Å². The molecular weight excluding hydrogens is 534 g/mol. The molecular formula is C23H17F3IN3O2. The van der Waals surface area contributed by atoms with Crippen molar-refractivity contribution >= 4 is 51.5 Å². The largest absolute Gasteiger partial charge is 0.350 e. The van der Waals surface area contributed by atoms with E-state index < -0.39 is 35.0 Å². The second kappa shape index (κ2) is 9.19. The van der Waals surface area contributed by atoms with Crippen LogP contribution in [0.1, 0.15) is 10.4 Å². The molecule has 3 aromatic rings. The van der Waals surface area contributed by atoms with Crippen LogP contribution in [0.3, 0.4) is 0 Å². The van der Waals surface area contributed by atoms with E-state index in [1.807, 2.05) is 28.7 Å². The summed E-state index contributed by atoms with van der Waals surface area (Å²) < 4.78 is 43.3. The summed E-state index contributed by atoms with van der Waals surface area (Å²) in [7, 11) is 0. The normalized spacial score (nSPS) is 13.4. The third-order valence-electron chi connectivity index (χ3n) is 5.10. The van der Waals surface area contributed by atoms with E-state index in [0.29, 0.717) is 9.26 Å². The highest BCUT2D eigenvalue weighted by molar-refractivity contribution is 14.1. The standard InChI is InChI=1S/C23H17F3IN3O2/c24-17-8-7-16(21(20(17)26)29-19-9-6-14(27)10-18(19)25)23(32)30-11-13(12-30)22(31)28-15-4-2-1-3-5-15/h1-10,13,29H,11-12H2,(H,28,31). The summed E-state index contributed by atoms with van der Waals surface area (Å²) in [6, 6.07) is 15.1. The highest BCUT2D eigenvalue weighted by Gasteiger charge is 2.37. The highest BCUT2D eigenvalue weighted by Crippen LogP contribution is 2.31. The molecule has 2 amide bonds. The molecule has 0 bridgehead atoms. The molecule has 0 aromatic heterocycles. The van der Waals surface area contributed by atoms with Gasteiger partial charge in [0.25, 0.3) is 5.91 Å². The molecule has 1 aliphatic rings. The van der Waals surface area contributed by atoms with E-state index in [4.69, 9.17) is 0 Å². The second-order valence-electron chi connectivity index (χ2n) is 7.30. The lowest BCUT2D eigenvalue weighted by Gasteiger charge is -2.38. The maximum atomic E-state index is 14.6. The number of hydrogen-bond donors (Lipinski definition) is 2. The van der Waals surface area contributed by atoms with Gasteiger partial charge < -0.3 is 15.5 Å². The van der Waals surface area contributed by atoms with Gasteiger partial charge in [0, 0.05) is 22.3 Å². The SMILES string of the molecule is O=C(Nc1ccccc1)C1CN(C(=O)c2ccc(F)c(F)c2Nc2ccc(I)cc2F)C1. The van der Waals surface area contributed by atoms with Crippen molar-refractivity contribution in [2.24, 2.45) is 5.92 Å². The third kappa shape index (κ3) is 4.57. The Morgan fingerprint density at radius 3 is 2.34 bits per heavy atom. The van der Waals surface area contributed by atoms with Gasteiger partial charge in [0.1, 0.15) is 5.82 Å². The number of para-hydroxylation sites is 1. The fourth-order valence-electron chi connectivity index (χ4n) is 3.32. The van der Waals surface area contributed by atoms with Gasteiger partial charge in [-0.05, 0) is 65.1 Å². The van der Waals surface area contributed by atoms with Crippen LogP contribution < -0.4 is 10.6 Å². The summed E-state index contributed by atoms with van der Waals surface area (Å²) in [5.41, 5.74) is -0.0438. The Balaban J connectivity index is 1.50. The van der Waals surface area contributed by atoms with Crippen molar-refractivity contribution in [2.45, 2.75) is 0 Å². The predicted octanol–water partition coefficient (Wildman–Crippen LogP) is 5.16. The zero-order valence-electron chi connectivity index (χ0n) is 16.5. The van der Waals surface area contributed by atoms with Crippen molar-refractivity contribution in [3.63, 3.8) is 0 Å². The molecule has 1 saturated heterocycles. The molecule has 3 aromatic carbocycles. The van der Waals surface area contributed by atoms with Crippen LogP contribution in [-0.2, 0) is 4.79 Å². The summed E-state index contributed by atoms with van der Waals surface area (Å²) >= 11 is 1.92. The quantitative estimate of drug-likeness (QED) is 0.431. The molecule has 9 heteroatoms. The summed E-state index contributed by atoms with van der Waals surface area (Å²) in [5, 5.41) is 5.28. The smallest absolute Gasteiger partial charge is 0.256 e. The first kappa shape index (κ1) is 22.1. The minimum absolute atomic E-state index is 0.0901. The fraction of sp³-hybridized carbons (Fsp3) is 0.130. The number of nitrogens with zero attached hydrogens (tertiary/aromatic N) is 1. The van der Waals surface area contributed by atoms with E-state index in [1.165, 1.54) is 17.0 Å². The molecule has 2 N–H and O–H groups in total. The number of likely N-dealkylation sites (tertiary alicyclic amines) is 1. The molecule has 0 spiro atoms. The lowest BCUT2D eigenvalue weighted by atomic mass is 9.97. The van der Waals surface area contributed by atoms with Crippen molar-refractivity contribution in [3.05, 3.63) is 87.2 Å². The first-order chi connectivity index (χ1) is 15.3. The van der Waals surface area contributed by atoms with E-state index in [-0.39, 0.29) is 30.2 Å². The number of amides is 2. The van der Waals surface area contributed by atoms with Crippen molar-refractivity contribution in [2.75, 3.05) is 23.7 Å². The molecule has 0 aliphatic carbocycles. The summed E-state index contributed by atoms with van der Waals surface area (Å²) in [6.45, 7) is 0.266. The molecule has 0 radical (unpaired) electrons. The van der Waals surface area contributed by atoms with Gasteiger partial charge in [-0.3, -0.25) is 9.59 Å². The van der Waals surface area contributed by atoms with E-state index in [1.54, 1.807) is 30.3 Å². The molecule has 164 valence electrons. The fourth-order valence-corrected chi connectivity index (χ4v) is 3.78. The Bertz CT molecular complexity index is 1180. The van der Waals surface area contributed by atoms with Gasteiger partial charge in [-0.25, -0.2) is 13.2 Å². The zero-order valence-corrected chi connectivity index (χ0v) is 18.7. The van der Waals surface area contributed by atoms with Gasteiger partial charge in [0.05, 0.1) is 22.9 Å². The van der Waals surface area contributed by atoms with Crippen molar-refractivity contribution in [1.29, 1.82) is 0 Å². The number of nitrogens with one attached hydrogen (secondary N) is 2. The first-order valence-corrected chi connectivity index (χ1v) is 10.8. The van der Waals surface area contributed by atoms with Gasteiger partial charge in [-0.1, -0.05) is 18.2 Å². The lowest BCUT2D eigenvalue weighted by molar-refractivity contribution is -0.123. The van der Waals surface area contributed by atoms with E-state index in [2.05, 4.69) is 10.6 Å². The number of anilines is 3. The molecule has 32 heavy (non-hydrogen) atoms. The third-order valence-corrected chi connectivity index (χ3v) is 5.77. The van der Waals surface area contributed by atoms with Gasteiger partial charge in [0.2, 0.25) is 5.91 Å². The zero-order chi connectivity index (χ0) is 22.8. The van der Waals surface area contributed by atoms with Crippen LogP contribution in [-0.4, -0.2) is 29.8 Å². The van der Waals surface area contributed by atoms with Crippen LogP contribution in [0.5, 0.6) is 0 Å². The van der Waals surface area contributed by atoms with Gasteiger partial charge in [-0.2, -0.15) is 0 Å². The Morgan fingerprint density at radius 2 is 1.66 bits per heavy atom. The molecule has 1 heterocycles. The molecule has 5 nitrogen and oxygen atoms in total. The predicted molar refractivity (Wildman–Crippen MR) is 123 cm³/mol. The van der Waals surface area contributed by atoms with Crippen LogP contribution >= 0.6 is 22.6 Å². The van der Waals surface area contributed by atoms with Crippen LogP contribution in [0.25, 0.3) is 0 Å². The minimum Gasteiger partial charge on any atom is -0.350 e. The Hall–Kier alpha value is -3.08. The summed E-state index contributed by atoms with van der Waals surface area (Å²) in [6.07, 6.45) is 0. The highest BCUT2D eigenvalue weighted by atomic mass is 127. The number of carbonyl (C=O) groups is 2. The number of carbonyl (C=O) groups excluding carboxylic acids is 2. The van der Waals surface area contributed by atoms with Crippen LogP contribution in [0.4, 0.5) is 30.2 Å².